The molecule has 67 heavy (non-hydrogen) atoms. The van der Waals surface area contributed by atoms with Crippen molar-refractivity contribution in [3.05, 3.63) is 155 Å². The van der Waals surface area contributed by atoms with E-state index >= 15 is 0 Å². The molecular weight excluding hydrogens is 849 g/mol. The molecule has 0 spiro atoms. The number of carbonyl (C=O) groups is 2. The zero-order valence-corrected chi connectivity index (χ0v) is 38.1. The lowest BCUT2D eigenvalue weighted by Gasteiger charge is -2.54. The van der Waals surface area contributed by atoms with Gasteiger partial charge in [0.15, 0.2) is 23.0 Å². The van der Waals surface area contributed by atoms with Crippen LogP contribution in [-0.4, -0.2) is 77.1 Å². The van der Waals surface area contributed by atoms with E-state index in [0.29, 0.717) is 37.7 Å². The molecule has 11 heteroatoms. The van der Waals surface area contributed by atoms with Crippen molar-refractivity contribution in [3.8, 4) is 39.9 Å². The molecule has 2 aliphatic rings. The second-order valence-corrected chi connectivity index (χ2v) is 17.9. The summed E-state index contributed by atoms with van der Waals surface area (Å²) in [5.41, 5.74) is 5.91. The number of phenolic OH excluding ortho intramolecular Hbond substituents is 3. The fourth-order valence-corrected chi connectivity index (χ4v) is 10.7. The number of carbonyl (C=O) groups excluding carboxylic acids is 2. The highest BCUT2D eigenvalue weighted by molar-refractivity contribution is 5.98. The molecule has 6 aromatic rings. The van der Waals surface area contributed by atoms with Gasteiger partial charge in [0.1, 0.15) is 18.0 Å². The number of ether oxygens (including phenoxy) is 4. The average molecular weight is 907 g/mol. The van der Waals surface area contributed by atoms with Gasteiger partial charge in [-0.3, -0.25) is 9.59 Å². The smallest absolute Gasteiger partial charge is 0.310 e. The number of aryl methyl sites for hydroxylation is 1. The Morgan fingerprint density at radius 1 is 0.776 bits per heavy atom. The van der Waals surface area contributed by atoms with Crippen molar-refractivity contribution in [2.45, 2.75) is 75.9 Å². The Hall–Kier alpha value is -6.82. The van der Waals surface area contributed by atoms with Crippen molar-refractivity contribution in [1.82, 2.24) is 0 Å². The molecule has 6 atom stereocenters. The lowest BCUT2D eigenvalue weighted by atomic mass is 9.52. The second kappa shape index (κ2) is 20.4. The molecule has 1 saturated carbocycles. The summed E-state index contributed by atoms with van der Waals surface area (Å²) in [5.74, 6) is -1.77. The molecule has 0 saturated heterocycles. The molecule has 0 radical (unpaired) electrons. The number of hydrogen-bond acceptors (Lipinski definition) is 11. The minimum Gasteiger partial charge on any atom is -0.508 e. The van der Waals surface area contributed by atoms with Gasteiger partial charge >= 0.3 is 11.9 Å². The zero-order valence-electron chi connectivity index (χ0n) is 38.1. The zero-order chi connectivity index (χ0) is 47.2. The summed E-state index contributed by atoms with van der Waals surface area (Å²) >= 11 is 0. The fourth-order valence-electron chi connectivity index (χ4n) is 10.7. The molecular formula is C56H58O11. The Balaban J connectivity index is 1.20. The Morgan fingerprint density at radius 2 is 1.57 bits per heavy atom. The van der Waals surface area contributed by atoms with Crippen molar-refractivity contribution in [2.24, 2.45) is 11.3 Å². The van der Waals surface area contributed by atoms with Crippen LogP contribution in [0, 0.1) is 11.3 Å². The number of allylic oxidation sites excluding steroid dienone is 1. The number of aromatic hydroxyl groups is 3. The highest BCUT2D eigenvalue weighted by atomic mass is 16.6. The maximum absolute atomic E-state index is 14.3. The summed E-state index contributed by atoms with van der Waals surface area (Å²) in [7, 11) is 2.97. The monoisotopic (exact) mass is 906 g/mol. The maximum atomic E-state index is 14.3. The van der Waals surface area contributed by atoms with Crippen LogP contribution in [0.3, 0.4) is 0 Å². The van der Waals surface area contributed by atoms with Crippen LogP contribution in [0.5, 0.6) is 28.7 Å². The van der Waals surface area contributed by atoms with E-state index in [0.717, 1.165) is 49.7 Å². The van der Waals surface area contributed by atoms with Gasteiger partial charge in [-0.25, -0.2) is 0 Å². The molecule has 1 fully saturated rings. The quantitative estimate of drug-likeness (QED) is 0.0660. The maximum Gasteiger partial charge on any atom is 0.310 e. The minimum absolute atomic E-state index is 0.0287. The Kier molecular flexibility index (Phi) is 14.2. The first-order valence-corrected chi connectivity index (χ1v) is 22.9. The van der Waals surface area contributed by atoms with Crippen LogP contribution in [0.1, 0.15) is 77.8 Å². The van der Waals surface area contributed by atoms with Crippen molar-refractivity contribution in [1.29, 1.82) is 0 Å². The van der Waals surface area contributed by atoms with Crippen LogP contribution in [-0.2, 0) is 38.3 Å². The summed E-state index contributed by atoms with van der Waals surface area (Å²) in [6.45, 7) is 1.16. The number of aliphatic hydroxyl groups is 2. The van der Waals surface area contributed by atoms with Crippen molar-refractivity contribution >= 4 is 28.8 Å². The average Bonchev–Trinajstić information content (AvgIpc) is 3.31. The van der Waals surface area contributed by atoms with Crippen LogP contribution >= 0.6 is 0 Å². The van der Waals surface area contributed by atoms with Crippen LogP contribution in [0.25, 0.3) is 28.0 Å². The Morgan fingerprint density at radius 3 is 2.31 bits per heavy atom. The van der Waals surface area contributed by atoms with Gasteiger partial charge in [-0.2, -0.15) is 0 Å². The molecule has 0 amide bonds. The molecule has 0 aliphatic heterocycles. The Labute approximate surface area is 390 Å². The SMILES string of the molecule is COc1cc([C@@H]2C[C@H](OC(=O)Cc3ccc4cc(O)cc(-c5cccc(CCCO)c5)c4c3)C[C@@H](OC(C)=O)[C@@H]3Cc4cc(OC)c(O)cc4[C@H](CO)[C@]3(/C=C/c3ccccc3)C2)ccc1O. The highest BCUT2D eigenvalue weighted by Crippen LogP contribution is 2.60. The normalized spacial score (nSPS) is 21.4. The van der Waals surface area contributed by atoms with Gasteiger partial charge in [0.25, 0.3) is 0 Å². The predicted octanol–water partition coefficient (Wildman–Crippen LogP) is 9.57. The number of benzene rings is 6. The Bertz CT molecular complexity index is 2760. The highest BCUT2D eigenvalue weighted by Gasteiger charge is 2.54. The first-order chi connectivity index (χ1) is 32.4. The lowest BCUT2D eigenvalue weighted by molar-refractivity contribution is -0.162. The van der Waals surface area contributed by atoms with Gasteiger partial charge in [0.2, 0.25) is 0 Å². The number of methoxy groups -OCH3 is 2. The first-order valence-electron chi connectivity index (χ1n) is 22.9. The number of rotatable bonds is 14. The largest absolute Gasteiger partial charge is 0.508 e. The summed E-state index contributed by atoms with van der Waals surface area (Å²) in [6, 6.07) is 35.6. The number of hydrogen-bond donors (Lipinski definition) is 5. The molecule has 0 aromatic heterocycles. The van der Waals surface area contributed by atoms with Gasteiger partial charge in [0, 0.05) is 37.2 Å². The summed E-state index contributed by atoms with van der Waals surface area (Å²) in [5, 5.41) is 55.3. The first kappa shape index (κ1) is 46.7. The van der Waals surface area contributed by atoms with E-state index in [1.165, 1.54) is 21.1 Å². The minimum atomic E-state index is -0.904. The second-order valence-electron chi connectivity index (χ2n) is 17.9. The van der Waals surface area contributed by atoms with Gasteiger partial charge < -0.3 is 44.5 Å². The standard InChI is InChI=1S/C56H58O11/c1-34(59)66-52-30-44(67-55(63)23-37-14-15-40-24-43(60)29-46(45(40)22-37)39-13-7-11-36(21-39)12-8-20-57)25-42(38-16-17-50(61)53(27-38)64-2)32-56(19-18-35-9-5-4-6-10-35)48(52)26-41-28-54(65-3)51(62)31-47(41)49(56)33-58/h4-7,9-11,13-19,21-22,24,27-29,31,42,44,48-49,52,57-58,60-62H,8,12,20,23,25-26,30,32-33H2,1-3H3/b19-18+/t42-,44+,48+,49+,52-,56-/m1/s1. The van der Waals surface area contributed by atoms with Crippen LogP contribution in [0.15, 0.2) is 121 Å². The van der Waals surface area contributed by atoms with Crippen molar-refractivity contribution in [3.63, 3.8) is 0 Å². The van der Waals surface area contributed by atoms with Gasteiger partial charge in [-0.1, -0.05) is 84.9 Å². The third-order valence-corrected chi connectivity index (χ3v) is 13.8. The van der Waals surface area contributed by atoms with E-state index in [2.05, 4.69) is 12.1 Å². The van der Waals surface area contributed by atoms with E-state index in [-0.39, 0.29) is 60.7 Å². The van der Waals surface area contributed by atoms with Crippen molar-refractivity contribution < 1.29 is 54.1 Å². The van der Waals surface area contributed by atoms with Gasteiger partial charge in [-0.05, 0) is 136 Å². The van der Waals surface area contributed by atoms with E-state index in [4.69, 9.17) is 18.9 Å². The summed E-state index contributed by atoms with van der Waals surface area (Å²) < 4.78 is 24.0. The molecule has 6 aromatic carbocycles. The number of esters is 2. The molecule has 2 aliphatic carbocycles. The number of fused-ring (bicyclic) bond motifs is 3. The lowest BCUT2D eigenvalue weighted by Crippen LogP contribution is -2.51. The fraction of sp³-hybridized carbons (Fsp3) is 0.321. The number of phenols is 3. The predicted molar refractivity (Wildman–Crippen MR) is 256 cm³/mol. The molecule has 5 N–H and O–H groups in total. The van der Waals surface area contributed by atoms with E-state index in [1.54, 1.807) is 36.4 Å². The van der Waals surface area contributed by atoms with Crippen LogP contribution in [0.4, 0.5) is 0 Å². The molecule has 0 bridgehead atoms. The van der Waals surface area contributed by atoms with Crippen LogP contribution < -0.4 is 9.47 Å². The number of aliphatic hydroxyl groups excluding tert-OH is 2. The van der Waals surface area contributed by atoms with E-state index in [1.807, 2.05) is 78.9 Å². The van der Waals surface area contributed by atoms with Gasteiger partial charge in [0.05, 0.1) is 27.2 Å². The third-order valence-electron chi connectivity index (χ3n) is 13.8. The summed E-state index contributed by atoms with van der Waals surface area (Å²) in [6.07, 6.45) is 5.15. The van der Waals surface area contributed by atoms with E-state index in [9.17, 15) is 35.1 Å². The van der Waals surface area contributed by atoms with E-state index < -0.39 is 41.4 Å². The molecule has 0 unspecified atom stereocenters. The van der Waals surface area contributed by atoms with Gasteiger partial charge in [-0.15, -0.1) is 0 Å². The molecule has 0 heterocycles. The molecule has 8 rings (SSSR count). The molecule has 11 nitrogen and oxygen atoms in total. The van der Waals surface area contributed by atoms with Crippen LogP contribution in [0.2, 0.25) is 0 Å². The van der Waals surface area contributed by atoms with Crippen molar-refractivity contribution in [2.75, 3.05) is 27.4 Å². The summed E-state index contributed by atoms with van der Waals surface area (Å²) in [4.78, 5) is 27.5. The molecule has 348 valence electrons. The third kappa shape index (κ3) is 10.1. The topological polar surface area (TPSA) is 172 Å².